The van der Waals surface area contributed by atoms with Crippen LogP contribution in [0.4, 0.5) is 10.7 Å². The van der Waals surface area contributed by atoms with Crippen molar-refractivity contribution in [2.75, 3.05) is 37.3 Å². The van der Waals surface area contributed by atoms with Crippen molar-refractivity contribution in [3.05, 3.63) is 10.4 Å². The highest BCUT2D eigenvalue weighted by Crippen LogP contribution is 2.38. The number of nitrogens with zero attached hydrogens (tertiary/aromatic N) is 1. The Hall–Kier alpha value is -1.76. The Bertz CT molecular complexity index is 513. The minimum absolute atomic E-state index is 0.232. The van der Waals surface area contributed by atoms with Crippen LogP contribution in [0.1, 0.15) is 47.2 Å². The van der Waals surface area contributed by atoms with Crippen molar-refractivity contribution in [2.45, 2.75) is 27.2 Å². The molecule has 0 spiro atoms. The molecule has 118 valence electrons. The summed E-state index contributed by atoms with van der Waals surface area (Å²) in [5, 5.41) is 6.09. The molecule has 0 aliphatic rings. The lowest BCUT2D eigenvalue weighted by Crippen LogP contribution is -2.27. The average molecular weight is 312 g/mol. The lowest BCUT2D eigenvalue weighted by molar-refractivity contribution is 0.0959. The monoisotopic (exact) mass is 312 g/mol. The van der Waals surface area contributed by atoms with Crippen LogP contribution in [-0.4, -0.2) is 38.5 Å². The van der Waals surface area contributed by atoms with E-state index in [1.165, 1.54) is 11.3 Å². The highest BCUT2D eigenvalue weighted by Gasteiger charge is 2.27. The number of hydrogen-bond donors (Lipinski definition) is 3. The summed E-state index contributed by atoms with van der Waals surface area (Å²) in [4.78, 5) is 26.7. The maximum Gasteiger partial charge on any atom is 0.263 e. The maximum absolute atomic E-state index is 12.1. The SMILES string of the molecule is CCCN(CC)c1sc(C(=O)NCC)c(N)c1C(=O)NC. The molecule has 0 bridgehead atoms. The highest BCUT2D eigenvalue weighted by molar-refractivity contribution is 7.19. The number of nitrogens with one attached hydrogen (secondary N) is 2. The van der Waals surface area contributed by atoms with Gasteiger partial charge in [0.15, 0.2) is 0 Å². The van der Waals surface area contributed by atoms with Crippen LogP contribution in [0.25, 0.3) is 0 Å². The minimum Gasteiger partial charge on any atom is -0.397 e. The maximum atomic E-state index is 12.1. The fourth-order valence-electron chi connectivity index (χ4n) is 2.08. The summed E-state index contributed by atoms with van der Waals surface area (Å²) in [5.74, 6) is -0.493. The van der Waals surface area contributed by atoms with Crippen molar-refractivity contribution in [3.8, 4) is 0 Å². The van der Waals surface area contributed by atoms with Crippen LogP contribution in [0.5, 0.6) is 0 Å². The third-order valence-corrected chi connectivity index (χ3v) is 4.35. The molecule has 0 radical (unpaired) electrons. The van der Waals surface area contributed by atoms with E-state index in [1.807, 2.05) is 13.8 Å². The number of nitrogen functional groups attached to an aromatic ring is 1. The van der Waals surface area contributed by atoms with Gasteiger partial charge in [0.25, 0.3) is 11.8 Å². The van der Waals surface area contributed by atoms with Gasteiger partial charge < -0.3 is 21.3 Å². The van der Waals surface area contributed by atoms with E-state index in [9.17, 15) is 9.59 Å². The van der Waals surface area contributed by atoms with Crippen LogP contribution < -0.4 is 21.3 Å². The molecule has 7 heteroatoms. The molecular weight excluding hydrogens is 288 g/mol. The van der Waals surface area contributed by atoms with Gasteiger partial charge in [-0.2, -0.15) is 0 Å². The molecule has 0 aliphatic carbocycles. The lowest BCUT2D eigenvalue weighted by atomic mass is 10.2. The van der Waals surface area contributed by atoms with Gasteiger partial charge in [0.1, 0.15) is 9.88 Å². The molecule has 0 aromatic carbocycles. The Morgan fingerprint density at radius 2 is 1.90 bits per heavy atom. The van der Waals surface area contributed by atoms with E-state index in [2.05, 4.69) is 22.5 Å². The molecule has 1 heterocycles. The summed E-state index contributed by atoms with van der Waals surface area (Å²) in [7, 11) is 1.56. The van der Waals surface area contributed by atoms with Gasteiger partial charge in [0.2, 0.25) is 0 Å². The molecule has 1 aromatic heterocycles. The number of hydrogen-bond acceptors (Lipinski definition) is 5. The zero-order chi connectivity index (χ0) is 16.0. The van der Waals surface area contributed by atoms with Gasteiger partial charge in [-0.05, 0) is 20.3 Å². The van der Waals surface area contributed by atoms with Crippen molar-refractivity contribution in [2.24, 2.45) is 0 Å². The molecule has 0 saturated carbocycles. The topological polar surface area (TPSA) is 87.5 Å². The molecule has 0 fully saturated rings. The van der Waals surface area contributed by atoms with Crippen LogP contribution in [0.2, 0.25) is 0 Å². The first kappa shape index (κ1) is 17.3. The summed E-state index contributed by atoms with van der Waals surface area (Å²) in [5.41, 5.74) is 6.72. The van der Waals surface area contributed by atoms with Crippen LogP contribution in [0, 0.1) is 0 Å². The van der Waals surface area contributed by atoms with Crippen LogP contribution in [0.3, 0.4) is 0 Å². The first-order valence-electron chi connectivity index (χ1n) is 7.19. The summed E-state index contributed by atoms with van der Waals surface area (Å²) < 4.78 is 0. The van der Waals surface area contributed by atoms with Crippen molar-refractivity contribution in [3.63, 3.8) is 0 Å². The molecule has 0 saturated heterocycles. The Labute approximate surface area is 129 Å². The second-order valence-corrected chi connectivity index (χ2v) is 5.54. The summed E-state index contributed by atoms with van der Waals surface area (Å²) >= 11 is 1.28. The van der Waals surface area contributed by atoms with E-state index >= 15 is 0 Å². The third-order valence-electron chi connectivity index (χ3n) is 3.09. The molecule has 0 aliphatic heterocycles. The van der Waals surface area contributed by atoms with Crippen LogP contribution in [-0.2, 0) is 0 Å². The number of carbonyl (C=O) groups is 2. The highest BCUT2D eigenvalue weighted by atomic mass is 32.1. The van der Waals surface area contributed by atoms with Crippen LogP contribution in [0.15, 0.2) is 0 Å². The second-order valence-electron chi connectivity index (χ2n) is 4.54. The van der Waals surface area contributed by atoms with Crippen molar-refractivity contribution in [1.82, 2.24) is 10.6 Å². The smallest absolute Gasteiger partial charge is 0.263 e. The first-order chi connectivity index (χ1) is 10.0. The predicted octanol–water partition coefficient (Wildman–Crippen LogP) is 1.68. The fraction of sp³-hybridized carbons (Fsp3) is 0.571. The second kappa shape index (κ2) is 7.87. The normalized spacial score (nSPS) is 10.3. The van der Waals surface area contributed by atoms with E-state index < -0.39 is 0 Å². The zero-order valence-corrected chi connectivity index (χ0v) is 13.9. The third kappa shape index (κ3) is 3.66. The summed E-state index contributed by atoms with van der Waals surface area (Å²) in [6, 6.07) is 0. The molecule has 1 rings (SSSR count). The van der Waals surface area contributed by atoms with E-state index in [4.69, 9.17) is 5.73 Å². The largest absolute Gasteiger partial charge is 0.397 e. The fourth-order valence-corrected chi connectivity index (χ4v) is 3.31. The van der Waals surface area contributed by atoms with Crippen molar-refractivity contribution in [1.29, 1.82) is 0 Å². The van der Waals surface area contributed by atoms with Gasteiger partial charge in [-0.25, -0.2) is 0 Å². The molecule has 0 atom stereocenters. The molecule has 1 aromatic rings. The number of amides is 2. The van der Waals surface area contributed by atoms with E-state index in [-0.39, 0.29) is 17.5 Å². The van der Waals surface area contributed by atoms with Gasteiger partial charge in [-0.3, -0.25) is 9.59 Å². The number of anilines is 2. The van der Waals surface area contributed by atoms with Gasteiger partial charge >= 0.3 is 0 Å². The number of rotatable bonds is 7. The van der Waals surface area contributed by atoms with Crippen molar-refractivity contribution < 1.29 is 9.59 Å². The van der Waals surface area contributed by atoms with Gasteiger partial charge in [0, 0.05) is 26.7 Å². The Morgan fingerprint density at radius 1 is 1.24 bits per heavy atom. The van der Waals surface area contributed by atoms with E-state index in [1.54, 1.807) is 7.05 Å². The standard InChI is InChI=1S/C14H24N4O2S/c1-5-8-18(7-3)14-9(12(19)16-4)10(15)11(21-14)13(20)17-6-2/h5-8,15H2,1-4H3,(H,16,19)(H,17,20). The van der Waals surface area contributed by atoms with E-state index in [0.29, 0.717) is 17.0 Å². The van der Waals surface area contributed by atoms with Crippen molar-refractivity contribution >= 4 is 33.8 Å². The number of carbonyl (C=O) groups excluding carboxylic acids is 2. The van der Waals surface area contributed by atoms with Gasteiger partial charge in [0.05, 0.1) is 11.3 Å². The zero-order valence-electron chi connectivity index (χ0n) is 13.1. The Kier molecular flexibility index (Phi) is 6.48. The summed E-state index contributed by atoms with van der Waals surface area (Å²) in [6.07, 6.45) is 0.954. The minimum atomic E-state index is -0.260. The van der Waals surface area contributed by atoms with Gasteiger partial charge in [-0.1, -0.05) is 6.92 Å². The number of nitrogens with two attached hydrogens (primary N) is 1. The first-order valence-corrected chi connectivity index (χ1v) is 8.00. The predicted molar refractivity (Wildman–Crippen MR) is 88.3 cm³/mol. The van der Waals surface area contributed by atoms with Gasteiger partial charge in [-0.15, -0.1) is 11.3 Å². The van der Waals surface area contributed by atoms with Crippen LogP contribution >= 0.6 is 11.3 Å². The lowest BCUT2D eigenvalue weighted by Gasteiger charge is -2.21. The molecule has 2 amide bonds. The Morgan fingerprint density at radius 3 is 2.38 bits per heavy atom. The quantitative estimate of drug-likeness (QED) is 0.715. The Balaban J connectivity index is 3.36. The molecule has 21 heavy (non-hydrogen) atoms. The molecular formula is C14H24N4O2S. The number of thiophene rings is 1. The average Bonchev–Trinajstić information content (AvgIpc) is 2.81. The summed E-state index contributed by atoms with van der Waals surface area (Å²) in [6.45, 7) is 8.03. The van der Waals surface area contributed by atoms with E-state index in [0.717, 1.165) is 24.5 Å². The molecule has 0 unspecified atom stereocenters. The molecule has 4 N–H and O–H groups in total. The molecule has 6 nitrogen and oxygen atoms in total.